The molecule has 2 bridgehead atoms. The van der Waals surface area contributed by atoms with Gasteiger partial charge < -0.3 is 5.11 Å². The molecule has 6 rings (SSSR count). The SMILES string of the molecule is CC(C)[C@@H](C)/C=C\[C@H](C)[C@H]1CC[C@H]2[C@]1(C)CC=C1[C@]23C=C[C@]2(C[C@H](O)CC[C@]12C)OO3. The second-order valence-corrected chi connectivity index (χ2v) is 12.3. The molecule has 9 atom stereocenters. The van der Waals surface area contributed by atoms with Gasteiger partial charge in [0, 0.05) is 17.8 Å². The molecule has 0 radical (unpaired) electrons. The molecule has 2 heterocycles. The summed E-state index contributed by atoms with van der Waals surface area (Å²) in [5.74, 6) is 2.98. The summed E-state index contributed by atoms with van der Waals surface area (Å²) in [6.45, 7) is 14.2. The van der Waals surface area contributed by atoms with E-state index in [1.165, 1.54) is 18.4 Å². The van der Waals surface area contributed by atoms with Crippen LogP contribution >= 0.6 is 0 Å². The van der Waals surface area contributed by atoms with E-state index < -0.39 is 11.2 Å². The predicted octanol–water partition coefficient (Wildman–Crippen LogP) is 6.39. The van der Waals surface area contributed by atoms with Crippen molar-refractivity contribution in [2.45, 2.75) is 97.4 Å². The largest absolute Gasteiger partial charge is 0.393 e. The Kier molecular flexibility index (Phi) is 4.98. The van der Waals surface area contributed by atoms with Crippen molar-refractivity contribution in [1.82, 2.24) is 0 Å². The molecule has 1 saturated heterocycles. The van der Waals surface area contributed by atoms with Crippen molar-refractivity contribution in [2.24, 2.45) is 40.4 Å². The summed E-state index contributed by atoms with van der Waals surface area (Å²) >= 11 is 0. The van der Waals surface area contributed by atoms with Crippen molar-refractivity contribution in [3.63, 3.8) is 0 Å². The van der Waals surface area contributed by atoms with Gasteiger partial charge in [-0.1, -0.05) is 59.8 Å². The summed E-state index contributed by atoms with van der Waals surface area (Å²) < 4.78 is 0. The summed E-state index contributed by atoms with van der Waals surface area (Å²) in [5.41, 5.74) is 0.656. The van der Waals surface area contributed by atoms with E-state index in [0.29, 0.717) is 36.0 Å². The van der Waals surface area contributed by atoms with Crippen LogP contribution in [0.2, 0.25) is 0 Å². The number of aliphatic hydroxyl groups is 1. The number of hydrogen-bond acceptors (Lipinski definition) is 3. The maximum Gasteiger partial charge on any atom is 0.147 e. The topological polar surface area (TPSA) is 38.7 Å². The number of rotatable bonds is 4. The van der Waals surface area contributed by atoms with Crippen molar-refractivity contribution >= 4 is 0 Å². The van der Waals surface area contributed by atoms with E-state index in [1.54, 1.807) is 0 Å². The Bertz CT molecular complexity index is 826. The Morgan fingerprint density at radius 3 is 2.48 bits per heavy atom. The van der Waals surface area contributed by atoms with Crippen LogP contribution in [-0.2, 0) is 9.78 Å². The Balaban J connectivity index is 1.48. The van der Waals surface area contributed by atoms with Crippen molar-refractivity contribution < 1.29 is 14.9 Å². The quantitative estimate of drug-likeness (QED) is 0.418. The number of allylic oxidation sites excluding steroid dienone is 3. The first kappa shape index (κ1) is 21.9. The van der Waals surface area contributed by atoms with E-state index in [0.717, 1.165) is 19.3 Å². The Hall–Kier alpha value is -0.900. The van der Waals surface area contributed by atoms with Crippen molar-refractivity contribution in [3.8, 4) is 0 Å². The van der Waals surface area contributed by atoms with Gasteiger partial charge in [-0.15, -0.1) is 0 Å². The van der Waals surface area contributed by atoms with Gasteiger partial charge in [0.15, 0.2) is 0 Å². The van der Waals surface area contributed by atoms with Gasteiger partial charge in [-0.05, 0) is 78.9 Å². The van der Waals surface area contributed by atoms with Crippen LogP contribution in [0.25, 0.3) is 0 Å². The molecule has 3 heteroatoms. The fourth-order valence-corrected chi connectivity index (χ4v) is 8.01. The first-order chi connectivity index (χ1) is 14.6. The third-order valence-corrected chi connectivity index (χ3v) is 10.5. The molecule has 0 unspecified atom stereocenters. The molecule has 3 nitrogen and oxygen atoms in total. The smallest absolute Gasteiger partial charge is 0.147 e. The molecule has 1 N–H and O–H groups in total. The second kappa shape index (κ2) is 7.05. The van der Waals surface area contributed by atoms with Crippen LogP contribution in [0.1, 0.15) is 80.1 Å². The van der Waals surface area contributed by atoms with Crippen molar-refractivity contribution in [2.75, 3.05) is 0 Å². The van der Waals surface area contributed by atoms with Gasteiger partial charge >= 0.3 is 0 Å². The Labute approximate surface area is 188 Å². The Morgan fingerprint density at radius 2 is 1.81 bits per heavy atom. The predicted molar refractivity (Wildman–Crippen MR) is 124 cm³/mol. The van der Waals surface area contributed by atoms with E-state index >= 15 is 0 Å². The lowest BCUT2D eigenvalue weighted by atomic mass is 9.47. The summed E-state index contributed by atoms with van der Waals surface area (Å²) in [4.78, 5) is 12.6. The highest BCUT2D eigenvalue weighted by molar-refractivity contribution is 5.48. The molecule has 3 fully saturated rings. The lowest BCUT2D eigenvalue weighted by Gasteiger charge is -2.66. The van der Waals surface area contributed by atoms with Crippen molar-refractivity contribution in [3.05, 3.63) is 36.0 Å². The molecule has 6 aliphatic rings. The molecular formula is C28H42O3. The molecule has 172 valence electrons. The van der Waals surface area contributed by atoms with Crippen LogP contribution in [0.3, 0.4) is 0 Å². The molecule has 4 aliphatic carbocycles. The monoisotopic (exact) mass is 426 g/mol. The van der Waals surface area contributed by atoms with Gasteiger partial charge in [0.25, 0.3) is 0 Å². The summed E-state index contributed by atoms with van der Waals surface area (Å²) in [5, 5.41) is 10.4. The van der Waals surface area contributed by atoms with E-state index in [9.17, 15) is 5.11 Å². The number of hydrogen-bond donors (Lipinski definition) is 1. The minimum Gasteiger partial charge on any atom is -0.393 e. The van der Waals surface area contributed by atoms with E-state index in [1.807, 2.05) is 0 Å². The maximum atomic E-state index is 10.4. The van der Waals surface area contributed by atoms with Gasteiger partial charge in [0.2, 0.25) is 0 Å². The zero-order valence-corrected chi connectivity index (χ0v) is 20.4. The second-order valence-electron chi connectivity index (χ2n) is 12.3. The molecule has 2 aliphatic heterocycles. The maximum absolute atomic E-state index is 10.4. The zero-order chi connectivity index (χ0) is 22.2. The van der Waals surface area contributed by atoms with Crippen LogP contribution in [0.15, 0.2) is 36.0 Å². The van der Waals surface area contributed by atoms with Crippen LogP contribution < -0.4 is 0 Å². The van der Waals surface area contributed by atoms with Gasteiger partial charge in [0.05, 0.1) is 6.10 Å². The fourth-order valence-electron chi connectivity index (χ4n) is 8.01. The lowest BCUT2D eigenvalue weighted by Crippen LogP contribution is -2.69. The number of fused-ring (bicyclic) bond motifs is 2. The first-order valence-electron chi connectivity index (χ1n) is 12.7. The highest BCUT2D eigenvalue weighted by atomic mass is 17.2. The average Bonchev–Trinajstić information content (AvgIpc) is 3.09. The minimum absolute atomic E-state index is 0.0726. The fraction of sp³-hybridized carbons (Fsp3) is 0.786. The summed E-state index contributed by atoms with van der Waals surface area (Å²) in [6.07, 6.45) is 17.8. The zero-order valence-electron chi connectivity index (χ0n) is 20.4. The van der Waals surface area contributed by atoms with Gasteiger partial charge in [-0.3, -0.25) is 0 Å². The van der Waals surface area contributed by atoms with Gasteiger partial charge in [-0.2, -0.15) is 0 Å². The molecule has 0 amide bonds. The van der Waals surface area contributed by atoms with Gasteiger partial charge in [-0.25, -0.2) is 9.78 Å². The summed E-state index contributed by atoms with van der Waals surface area (Å²) in [7, 11) is 0. The molecule has 0 aromatic heterocycles. The molecule has 2 saturated carbocycles. The van der Waals surface area contributed by atoms with Gasteiger partial charge in [0.1, 0.15) is 11.2 Å². The Morgan fingerprint density at radius 1 is 1.03 bits per heavy atom. The highest BCUT2D eigenvalue weighted by Gasteiger charge is 2.71. The molecule has 2 spiro atoms. The molecule has 0 aromatic carbocycles. The molecule has 31 heavy (non-hydrogen) atoms. The lowest BCUT2D eigenvalue weighted by molar-refractivity contribution is -0.455. The van der Waals surface area contributed by atoms with E-state index in [4.69, 9.17) is 9.78 Å². The van der Waals surface area contributed by atoms with Crippen LogP contribution in [0, 0.1) is 40.4 Å². The van der Waals surface area contributed by atoms with Crippen LogP contribution in [-0.4, -0.2) is 22.4 Å². The number of aliphatic hydroxyl groups excluding tert-OH is 1. The van der Waals surface area contributed by atoms with E-state index in [-0.39, 0.29) is 16.9 Å². The third kappa shape index (κ3) is 2.82. The first-order valence-corrected chi connectivity index (χ1v) is 12.7. The third-order valence-electron chi connectivity index (χ3n) is 10.5. The average molecular weight is 427 g/mol. The minimum atomic E-state index is -0.507. The molecular weight excluding hydrogens is 384 g/mol. The van der Waals surface area contributed by atoms with Crippen molar-refractivity contribution in [1.29, 1.82) is 0 Å². The van der Waals surface area contributed by atoms with Crippen LogP contribution in [0.5, 0.6) is 0 Å². The highest BCUT2D eigenvalue weighted by Crippen LogP contribution is 2.71. The molecule has 0 aromatic rings. The normalized spacial score (nSPS) is 50.2. The standard InChI is InChI=1S/C28H42O3/c1-18(2)19(3)7-8-20(4)22-9-10-23-25(22,5)13-12-24-26(6)14-11-21(29)17-27(26)15-16-28(23,24)31-30-27/h7-8,12,15-16,18-23,29H,9-11,13-14,17H2,1-6H3/b8-7-/t19-,20-,21+,22+,23-,25+,26+,27+,28-/m0/s1. The summed E-state index contributed by atoms with van der Waals surface area (Å²) in [6, 6.07) is 0. The van der Waals surface area contributed by atoms with Crippen LogP contribution in [0.4, 0.5) is 0 Å². The van der Waals surface area contributed by atoms with E-state index in [2.05, 4.69) is 71.9 Å².